The molecule has 0 amide bonds. The van der Waals surface area contributed by atoms with Crippen molar-refractivity contribution in [1.29, 1.82) is 0 Å². The molecule has 0 atom stereocenters. The minimum absolute atomic E-state index is 0.195. The summed E-state index contributed by atoms with van der Waals surface area (Å²) in [6.45, 7) is 4.37. The molecule has 3 rings (SSSR count). The van der Waals surface area contributed by atoms with E-state index >= 15 is 0 Å². The molecule has 140 valence electrons. The maximum Gasteiger partial charge on any atom is 0.340 e. The largest absolute Gasteiger partial charge is 0.462 e. The summed E-state index contributed by atoms with van der Waals surface area (Å²) in [6.07, 6.45) is 4.85. The molecule has 7 heteroatoms. The van der Waals surface area contributed by atoms with E-state index < -0.39 is 5.66 Å². The summed E-state index contributed by atoms with van der Waals surface area (Å²) in [5.41, 5.74) is 12.7. The zero-order valence-corrected chi connectivity index (χ0v) is 15.4. The summed E-state index contributed by atoms with van der Waals surface area (Å²) in [7, 11) is 0. The zero-order chi connectivity index (χ0) is 18.7. The fourth-order valence-electron chi connectivity index (χ4n) is 3.63. The van der Waals surface area contributed by atoms with Crippen LogP contribution in [0.3, 0.4) is 0 Å². The maximum absolute atomic E-state index is 12.7. The molecule has 1 fully saturated rings. The fourth-order valence-corrected chi connectivity index (χ4v) is 3.63. The number of nitrogens with two attached hydrogens (primary N) is 2. The molecular weight excluding hydrogens is 330 g/mol. The zero-order valence-electron chi connectivity index (χ0n) is 15.4. The molecule has 0 saturated heterocycles. The van der Waals surface area contributed by atoms with E-state index in [0.717, 1.165) is 32.1 Å². The number of carbonyl (C=O) groups is 1. The molecule has 1 heterocycles. The van der Waals surface area contributed by atoms with E-state index in [1.165, 1.54) is 0 Å². The van der Waals surface area contributed by atoms with E-state index in [1.807, 2.05) is 36.9 Å². The number of nitrogens with zero attached hydrogens (tertiary/aromatic N) is 3. The van der Waals surface area contributed by atoms with Crippen molar-refractivity contribution in [3.05, 3.63) is 29.8 Å². The third kappa shape index (κ3) is 3.52. The lowest BCUT2D eigenvalue weighted by Crippen LogP contribution is -2.58. The summed E-state index contributed by atoms with van der Waals surface area (Å²) in [5.74, 6) is 0.362. The standard InChI is InChI=1S/C19H27N5O2/c1-13(2)12-26-16(25)14-8-4-5-9-15(14)24-18(21)22-17(20)23-19(24)10-6-3-7-11-19/h4-5,8-9,13H,3,6-7,10-12H2,1-2H3,(H4,20,21,22,23). The Morgan fingerprint density at radius 3 is 2.62 bits per heavy atom. The molecule has 26 heavy (non-hydrogen) atoms. The number of rotatable bonds is 4. The lowest BCUT2D eigenvalue weighted by Gasteiger charge is -2.46. The predicted octanol–water partition coefficient (Wildman–Crippen LogP) is 2.61. The van der Waals surface area contributed by atoms with Gasteiger partial charge in [-0.15, -0.1) is 0 Å². The Morgan fingerprint density at radius 1 is 1.23 bits per heavy atom. The van der Waals surface area contributed by atoms with Crippen LogP contribution in [0.1, 0.15) is 56.3 Å². The SMILES string of the molecule is CC(C)COC(=O)c1ccccc1N1C(N)=NC(N)=NC12CCCCC2. The average molecular weight is 357 g/mol. The third-order valence-electron chi connectivity index (χ3n) is 4.76. The molecule has 1 aromatic rings. The predicted molar refractivity (Wildman–Crippen MR) is 103 cm³/mol. The Labute approximate surface area is 154 Å². The van der Waals surface area contributed by atoms with Crippen LogP contribution in [0.25, 0.3) is 0 Å². The van der Waals surface area contributed by atoms with Crippen molar-refractivity contribution in [3.8, 4) is 0 Å². The van der Waals surface area contributed by atoms with E-state index in [9.17, 15) is 4.79 Å². The Kier molecular flexibility index (Phi) is 5.15. The van der Waals surface area contributed by atoms with Crippen molar-refractivity contribution in [3.63, 3.8) is 0 Å². The van der Waals surface area contributed by atoms with Crippen molar-refractivity contribution in [1.82, 2.24) is 0 Å². The van der Waals surface area contributed by atoms with Crippen LogP contribution in [0.4, 0.5) is 5.69 Å². The highest BCUT2D eigenvalue weighted by Crippen LogP contribution is 2.40. The van der Waals surface area contributed by atoms with E-state index in [1.54, 1.807) is 6.07 Å². The van der Waals surface area contributed by atoms with Gasteiger partial charge in [-0.1, -0.05) is 32.4 Å². The van der Waals surface area contributed by atoms with E-state index in [0.29, 0.717) is 17.9 Å². The van der Waals surface area contributed by atoms with E-state index in [2.05, 4.69) is 9.98 Å². The minimum atomic E-state index is -0.581. The summed E-state index contributed by atoms with van der Waals surface area (Å²) in [4.78, 5) is 23.4. The van der Waals surface area contributed by atoms with Gasteiger partial charge in [0.25, 0.3) is 0 Å². The van der Waals surface area contributed by atoms with Crippen LogP contribution < -0.4 is 16.4 Å². The molecule has 1 saturated carbocycles. The number of para-hydroxylation sites is 1. The number of guanidine groups is 2. The van der Waals surface area contributed by atoms with Gasteiger partial charge in [-0.05, 0) is 43.7 Å². The van der Waals surface area contributed by atoms with Gasteiger partial charge in [-0.2, -0.15) is 4.99 Å². The Bertz CT molecular complexity index is 735. The number of benzene rings is 1. The molecule has 2 aliphatic rings. The smallest absolute Gasteiger partial charge is 0.340 e. The summed E-state index contributed by atoms with van der Waals surface area (Å²) < 4.78 is 5.45. The molecule has 1 aliphatic heterocycles. The second-order valence-electron chi connectivity index (χ2n) is 7.33. The second-order valence-corrected chi connectivity index (χ2v) is 7.33. The van der Waals surface area contributed by atoms with Crippen LogP contribution in [0, 0.1) is 5.92 Å². The van der Waals surface area contributed by atoms with Gasteiger partial charge in [0.2, 0.25) is 11.9 Å². The lowest BCUT2D eigenvalue weighted by atomic mass is 9.87. The number of aliphatic imine (C=N–C) groups is 2. The summed E-state index contributed by atoms with van der Waals surface area (Å²) in [5, 5.41) is 0. The number of carbonyl (C=O) groups excluding carboxylic acids is 1. The molecular formula is C19H27N5O2. The molecule has 1 spiro atoms. The van der Waals surface area contributed by atoms with Gasteiger partial charge < -0.3 is 16.2 Å². The second kappa shape index (κ2) is 7.35. The van der Waals surface area contributed by atoms with Gasteiger partial charge in [-0.3, -0.25) is 4.90 Å². The molecule has 0 aromatic heterocycles. The first-order valence-corrected chi connectivity index (χ1v) is 9.19. The van der Waals surface area contributed by atoms with Crippen LogP contribution in [-0.4, -0.2) is 30.2 Å². The third-order valence-corrected chi connectivity index (χ3v) is 4.76. The number of ether oxygens (including phenoxy) is 1. The Balaban J connectivity index is 2.01. The van der Waals surface area contributed by atoms with Crippen LogP contribution in [-0.2, 0) is 4.74 Å². The number of hydrogen-bond acceptors (Lipinski definition) is 7. The Morgan fingerprint density at radius 2 is 1.92 bits per heavy atom. The van der Waals surface area contributed by atoms with Crippen molar-refractivity contribution in [2.75, 3.05) is 11.5 Å². The normalized spacial score (nSPS) is 19.3. The van der Waals surface area contributed by atoms with Gasteiger partial charge >= 0.3 is 5.97 Å². The molecule has 0 unspecified atom stereocenters. The molecule has 1 aromatic carbocycles. The van der Waals surface area contributed by atoms with Gasteiger partial charge in [-0.25, -0.2) is 9.79 Å². The van der Waals surface area contributed by atoms with Crippen LogP contribution in [0.15, 0.2) is 34.3 Å². The monoisotopic (exact) mass is 357 g/mol. The summed E-state index contributed by atoms with van der Waals surface area (Å²) in [6, 6.07) is 7.31. The van der Waals surface area contributed by atoms with Crippen molar-refractivity contribution < 1.29 is 9.53 Å². The molecule has 4 N–H and O–H groups in total. The van der Waals surface area contributed by atoms with Crippen molar-refractivity contribution >= 4 is 23.6 Å². The molecule has 0 radical (unpaired) electrons. The highest BCUT2D eigenvalue weighted by molar-refractivity contribution is 6.09. The first kappa shape index (κ1) is 18.2. The van der Waals surface area contributed by atoms with E-state index in [-0.39, 0.29) is 23.8 Å². The van der Waals surface area contributed by atoms with Crippen LogP contribution >= 0.6 is 0 Å². The highest BCUT2D eigenvalue weighted by Gasteiger charge is 2.43. The van der Waals surface area contributed by atoms with E-state index in [4.69, 9.17) is 16.2 Å². The van der Waals surface area contributed by atoms with Gasteiger partial charge in [0.15, 0.2) is 0 Å². The number of esters is 1. The first-order valence-electron chi connectivity index (χ1n) is 9.19. The van der Waals surface area contributed by atoms with Crippen molar-refractivity contribution in [2.24, 2.45) is 27.4 Å². The number of anilines is 1. The highest BCUT2D eigenvalue weighted by atomic mass is 16.5. The van der Waals surface area contributed by atoms with Crippen molar-refractivity contribution in [2.45, 2.75) is 51.6 Å². The molecule has 7 nitrogen and oxygen atoms in total. The fraction of sp³-hybridized carbons (Fsp3) is 0.526. The van der Waals surface area contributed by atoms with Crippen LogP contribution in [0.2, 0.25) is 0 Å². The average Bonchev–Trinajstić information content (AvgIpc) is 2.60. The quantitative estimate of drug-likeness (QED) is 0.806. The molecule has 0 bridgehead atoms. The topological polar surface area (TPSA) is 106 Å². The summed E-state index contributed by atoms with van der Waals surface area (Å²) >= 11 is 0. The Hall–Kier alpha value is -2.57. The van der Waals surface area contributed by atoms with Gasteiger partial charge in [0, 0.05) is 0 Å². The van der Waals surface area contributed by atoms with Crippen LogP contribution in [0.5, 0.6) is 0 Å². The lowest BCUT2D eigenvalue weighted by molar-refractivity contribution is 0.0459. The number of hydrogen-bond donors (Lipinski definition) is 2. The minimum Gasteiger partial charge on any atom is -0.462 e. The van der Waals surface area contributed by atoms with Gasteiger partial charge in [0.1, 0.15) is 5.66 Å². The van der Waals surface area contributed by atoms with Gasteiger partial charge in [0.05, 0.1) is 17.9 Å². The molecule has 1 aliphatic carbocycles. The first-order chi connectivity index (χ1) is 12.4. The maximum atomic E-state index is 12.7.